The van der Waals surface area contributed by atoms with Crippen LogP contribution in [0.15, 0.2) is 101 Å². The molecule has 0 fully saturated rings. The lowest BCUT2D eigenvalue weighted by Gasteiger charge is -2.17. The van der Waals surface area contributed by atoms with Crippen LogP contribution < -0.4 is 23.5 Å². The molecule has 35 heavy (non-hydrogen) atoms. The van der Waals surface area contributed by atoms with E-state index in [1.807, 2.05) is 24.3 Å². The van der Waals surface area contributed by atoms with Gasteiger partial charge in [0.1, 0.15) is 0 Å². The van der Waals surface area contributed by atoms with Gasteiger partial charge in [-0.15, -0.1) is 10.2 Å². The van der Waals surface area contributed by atoms with Crippen LogP contribution in [0.3, 0.4) is 0 Å². The molecule has 0 spiro atoms. The first kappa shape index (κ1) is 26.1. The first-order valence-electron chi connectivity index (χ1n) is 10.8. The van der Waals surface area contributed by atoms with Gasteiger partial charge in [-0.3, -0.25) is 0 Å². The Morgan fingerprint density at radius 2 is 1.23 bits per heavy atom. The molecule has 0 saturated heterocycles. The van der Waals surface area contributed by atoms with E-state index >= 15 is 0 Å². The van der Waals surface area contributed by atoms with E-state index in [9.17, 15) is 0 Å². The molecular weight excluding hydrogens is 466 g/mol. The predicted octanol–water partition coefficient (Wildman–Crippen LogP) is 2.77. The van der Waals surface area contributed by atoms with Crippen molar-refractivity contribution in [3.8, 4) is 22.5 Å². The lowest BCUT2D eigenvalue weighted by molar-refractivity contribution is -2.00. The monoisotopic (exact) mass is 491 g/mol. The minimum atomic E-state index is -4.94. The molecule has 0 saturated carbocycles. The van der Waals surface area contributed by atoms with Gasteiger partial charge in [0.2, 0.25) is 0 Å². The topological polar surface area (TPSA) is 107 Å². The minimum Gasteiger partial charge on any atom is -0.378 e. The van der Waals surface area contributed by atoms with Crippen molar-refractivity contribution in [2.45, 2.75) is 6.92 Å². The van der Waals surface area contributed by atoms with Gasteiger partial charge in [0.15, 0.2) is 0 Å². The molecule has 4 rings (SSSR count). The Morgan fingerprint density at radius 1 is 0.714 bits per heavy atom. The maximum absolute atomic E-state index is 8.49. The molecule has 7 heteroatoms. The van der Waals surface area contributed by atoms with Crippen LogP contribution in [0.5, 0.6) is 0 Å². The van der Waals surface area contributed by atoms with Crippen molar-refractivity contribution in [3.63, 3.8) is 0 Å². The lowest BCUT2D eigenvalue weighted by atomic mass is 10.0. The highest BCUT2D eigenvalue weighted by atomic mass is 35.7. The van der Waals surface area contributed by atoms with Crippen molar-refractivity contribution in [1.29, 1.82) is 0 Å². The molecule has 0 atom stereocenters. The standard InChI is InChI=1S/C28H26NO.ClHO4/c1-21(18-22-14-16-26(17-15-22)29(2)3)27-19-25(23-10-6-4-7-11-23)20-28(30-27)24-12-8-5-9-13-24;2-1(3,4)5/h4-20H,1-3H3;(H,2,3,4,5)/q+1;/p-1. The van der Waals surface area contributed by atoms with Gasteiger partial charge in [-0.2, -0.15) is 0 Å². The van der Waals surface area contributed by atoms with E-state index in [0.717, 1.165) is 33.8 Å². The Balaban J connectivity index is 0.000000623. The Morgan fingerprint density at radius 3 is 1.74 bits per heavy atom. The molecule has 0 aliphatic rings. The molecular formula is C28H26ClNO5. The Labute approximate surface area is 207 Å². The summed E-state index contributed by atoms with van der Waals surface area (Å²) in [6, 6.07) is 33.5. The highest BCUT2D eigenvalue weighted by molar-refractivity contribution is 5.81. The molecule has 3 aromatic carbocycles. The number of rotatable bonds is 5. The maximum Gasteiger partial charge on any atom is 0.361 e. The highest BCUT2D eigenvalue weighted by Crippen LogP contribution is 2.31. The van der Waals surface area contributed by atoms with Crippen molar-refractivity contribution in [2.75, 3.05) is 19.0 Å². The third kappa shape index (κ3) is 8.33. The fourth-order valence-electron chi connectivity index (χ4n) is 3.43. The van der Waals surface area contributed by atoms with Gasteiger partial charge < -0.3 is 4.90 Å². The number of anilines is 1. The van der Waals surface area contributed by atoms with Crippen LogP contribution in [-0.4, -0.2) is 14.1 Å². The normalized spacial score (nSPS) is 11.5. The molecule has 0 aliphatic carbocycles. The number of hydrogen-bond acceptors (Lipinski definition) is 5. The summed E-state index contributed by atoms with van der Waals surface area (Å²) in [5.41, 5.74) is 6.81. The molecule has 0 aliphatic heterocycles. The summed E-state index contributed by atoms with van der Waals surface area (Å²) in [5.74, 6) is 1.73. The van der Waals surface area contributed by atoms with Crippen LogP contribution in [0.25, 0.3) is 34.1 Å². The molecule has 180 valence electrons. The fraction of sp³-hybridized carbons (Fsp3) is 0.107. The zero-order valence-electron chi connectivity index (χ0n) is 19.7. The van der Waals surface area contributed by atoms with E-state index in [0.29, 0.717) is 0 Å². The summed E-state index contributed by atoms with van der Waals surface area (Å²) < 4.78 is 40.3. The van der Waals surface area contributed by atoms with Crippen LogP contribution >= 0.6 is 0 Å². The Bertz CT molecular complexity index is 1190. The van der Waals surface area contributed by atoms with E-state index in [4.69, 9.17) is 23.1 Å². The lowest BCUT2D eigenvalue weighted by Crippen LogP contribution is -2.68. The van der Waals surface area contributed by atoms with E-state index in [1.165, 1.54) is 11.3 Å². The third-order valence-corrected chi connectivity index (χ3v) is 5.14. The largest absolute Gasteiger partial charge is 0.378 e. The highest BCUT2D eigenvalue weighted by Gasteiger charge is 2.20. The number of allylic oxidation sites excluding steroid dienone is 1. The van der Waals surface area contributed by atoms with Crippen LogP contribution in [0.1, 0.15) is 18.2 Å². The summed E-state index contributed by atoms with van der Waals surface area (Å²) in [6.07, 6.45) is 2.17. The second kappa shape index (κ2) is 11.8. The number of nitrogens with zero attached hydrogens (tertiary/aromatic N) is 1. The smallest absolute Gasteiger partial charge is 0.361 e. The summed E-state index contributed by atoms with van der Waals surface area (Å²) in [6.45, 7) is 2.10. The van der Waals surface area contributed by atoms with Gasteiger partial charge in [0, 0.05) is 25.3 Å². The first-order chi connectivity index (χ1) is 16.6. The molecule has 0 amide bonds. The molecule has 0 bridgehead atoms. The second-order valence-electron chi connectivity index (χ2n) is 8.00. The van der Waals surface area contributed by atoms with E-state index in [1.54, 1.807) is 0 Å². The fourth-order valence-corrected chi connectivity index (χ4v) is 3.43. The first-order valence-corrected chi connectivity index (χ1v) is 12.0. The molecule has 0 unspecified atom stereocenters. The maximum atomic E-state index is 8.49. The van der Waals surface area contributed by atoms with Gasteiger partial charge >= 0.3 is 11.5 Å². The molecule has 0 N–H and O–H groups in total. The minimum absolute atomic E-state index is 0.864. The summed E-state index contributed by atoms with van der Waals surface area (Å²) >= 11 is 0. The van der Waals surface area contributed by atoms with Gasteiger partial charge in [-0.05, 0) is 48.4 Å². The molecule has 6 nitrogen and oxygen atoms in total. The van der Waals surface area contributed by atoms with Crippen LogP contribution in [-0.2, 0) is 0 Å². The number of benzene rings is 3. The zero-order chi connectivity index (χ0) is 25.4. The Hall–Kier alpha value is -3.52. The summed E-state index contributed by atoms with van der Waals surface area (Å²) in [4.78, 5) is 2.10. The Kier molecular flexibility index (Phi) is 8.76. The molecule has 4 aromatic rings. The van der Waals surface area contributed by atoms with Crippen molar-refractivity contribution >= 4 is 17.3 Å². The van der Waals surface area contributed by atoms with Crippen LogP contribution in [0.4, 0.5) is 5.69 Å². The van der Waals surface area contributed by atoms with E-state index < -0.39 is 10.2 Å². The van der Waals surface area contributed by atoms with Crippen molar-refractivity contribution in [2.24, 2.45) is 0 Å². The predicted molar refractivity (Wildman–Crippen MR) is 128 cm³/mol. The van der Waals surface area contributed by atoms with Crippen LogP contribution in [0.2, 0.25) is 0 Å². The van der Waals surface area contributed by atoms with Crippen LogP contribution in [0, 0.1) is 10.2 Å². The third-order valence-electron chi connectivity index (χ3n) is 5.14. The van der Waals surface area contributed by atoms with Gasteiger partial charge in [-0.25, -0.2) is 23.1 Å². The van der Waals surface area contributed by atoms with Crippen molar-refractivity contribution < 1.29 is 33.3 Å². The number of halogens is 1. The second-order valence-corrected chi connectivity index (χ2v) is 8.75. The van der Waals surface area contributed by atoms with E-state index in [2.05, 4.69) is 105 Å². The average Bonchev–Trinajstić information content (AvgIpc) is 2.84. The van der Waals surface area contributed by atoms with Crippen molar-refractivity contribution in [1.82, 2.24) is 0 Å². The van der Waals surface area contributed by atoms with Gasteiger partial charge in [-0.1, -0.05) is 60.7 Å². The van der Waals surface area contributed by atoms with Gasteiger partial charge in [0.05, 0.1) is 23.3 Å². The molecule has 1 aromatic heterocycles. The summed E-state index contributed by atoms with van der Waals surface area (Å²) in [5, 5.41) is 0. The number of hydrogen-bond donors (Lipinski definition) is 0. The van der Waals surface area contributed by atoms with E-state index in [-0.39, 0.29) is 0 Å². The molecule has 0 radical (unpaired) electrons. The quantitative estimate of drug-likeness (QED) is 0.397. The average molecular weight is 492 g/mol. The van der Waals surface area contributed by atoms with Crippen molar-refractivity contribution in [3.05, 3.63) is 108 Å². The molecule has 1 heterocycles. The SMILES string of the molecule is CC(=Cc1ccc(N(C)C)cc1)c1cc(-c2ccccc2)cc(-c2ccccc2)[o+]1.[O-][Cl+3]([O-])([O-])[O-]. The zero-order valence-corrected chi connectivity index (χ0v) is 20.4. The van der Waals surface area contributed by atoms with Gasteiger partial charge in [0.25, 0.3) is 0 Å². The summed E-state index contributed by atoms with van der Waals surface area (Å²) in [7, 11) is -0.843.